The quantitative estimate of drug-likeness (QED) is 0.939. The fraction of sp³-hybridized carbons (Fsp3) is 0.333. The average molecular weight is 326 g/mol. The standard InChI is InChI=1S/C18H18N2O2S/c21-17(19-11-12-4-2-1-3-5-12)16-10-14-15(23-16)8-9-20(14)18(22)13-6-7-13/h1-5,10,13H,6-9,11H2,(H,19,21). The predicted octanol–water partition coefficient (Wildman–Crippen LogP) is 2.98. The molecule has 2 heterocycles. The van der Waals surface area contributed by atoms with Gasteiger partial charge < -0.3 is 10.2 Å². The number of hydrogen-bond acceptors (Lipinski definition) is 3. The molecule has 2 aromatic rings. The van der Waals surface area contributed by atoms with Crippen LogP contribution in [0.1, 0.15) is 33.0 Å². The first kappa shape index (κ1) is 14.5. The van der Waals surface area contributed by atoms with E-state index < -0.39 is 0 Å². The third-order valence-electron chi connectivity index (χ3n) is 4.35. The predicted molar refractivity (Wildman–Crippen MR) is 90.7 cm³/mol. The first-order valence-electron chi connectivity index (χ1n) is 7.98. The molecule has 4 nitrogen and oxygen atoms in total. The lowest BCUT2D eigenvalue weighted by molar-refractivity contribution is -0.119. The number of hydrogen-bond donors (Lipinski definition) is 1. The summed E-state index contributed by atoms with van der Waals surface area (Å²) in [7, 11) is 0. The summed E-state index contributed by atoms with van der Waals surface area (Å²) < 4.78 is 0. The molecular weight excluding hydrogens is 308 g/mol. The summed E-state index contributed by atoms with van der Waals surface area (Å²) in [5, 5.41) is 2.95. The Bertz CT molecular complexity index is 750. The van der Waals surface area contributed by atoms with Gasteiger partial charge in [-0.2, -0.15) is 0 Å². The molecule has 1 aromatic heterocycles. The summed E-state index contributed by atoms with van der Waals surface area (Å²) in [6.45, 7) is 1.29. The van der Waals surface area contributed by atoms with Crippen LogP contribution in [0.15, 0.2) is 36.4 Å². The van der Waals surface area contributed by atoms with Gasteiger partial charge in [-0.1, -0.05) is 30.3 Å². The largest absolute Gasteiger partial charge is 0.347 e. The summed E-state index contributed by atoms with van der Waals surface area (Å²) in [5.41, 5.74) is 2.03. The van der Waals surface area contributed by atoms with E-state index in [-0.39, 0.29) is 17.7 Å². The molecule has 2 amide bonds. The normalized spacial score (nSPS) is 16.3. The van der Waals surface area contributed by atoms with Crippen LogP contribution in [0.3, 0.4) is 0 Å². The topological polar surface area (TPSA) is 49.4 Å². The van der Waals surface area contributed by atoms with Crippen LogP contribution < -0.4 is 10.2 Å². The molecule has 118 valence electrons. The highest BCUT2D eigenvalue weighted by Gasteiger charge is 2.37. The van der Waals surface area contributed by atoms with Crippen molar-refractivity contribution in [2.24, 2.45) is 5.92 Å². The van der Waals surface area contributed by atoms with Crippen molar-refractivity contribution >= 4 is 28.8 Å². The van der Waals surface area contributed by atoms with Crippen LogP contribution in [-0.4, -0.2) is 18.4 Å². The number of anilines is 1. The highest BCUT2D eigenvalue weighted by Crippen LogP contribution is 2.40. The van der Waals surface area contributed by atoms with Gasteiger partial charge in [-0.25, -0.2) is 0 Å². The number of carbonyl (C=O) groups is 2. The van der Waals surface area contributed by atoms with E-state index in [1.807, 2.05) is 41.3 Å². The van der Waals surface area contributed by atoms with Crippen molar-refractivity contribution in [1.29, 1.82) is 0 Å². The van der Waals surface area contributed by atoms with Gasteiger partial charge in [-0.3, -0.25) is 9.59 Å². The Kier molecular flexibility index (Phi) is 3.65. The Balaban J connectivity index is 1.45. The molecule has 0 spiro atoms. The maximum absolute atomic E-state index is 12.3. The van der Waals surface area contributed by atoms with Crippen molar-refractivity contribution in [2.75, 3.05) is 11.4 Å². The van der Waals surface area contributed by atoms with Crippen molar-refractivity contribution in [1.82, 2.24) is 5.32 Å². The van der Waals surface area contributed by atoms with Crippen molar-refractivity contribution in [3.8, 4) is 0 Å². The van der Waals surface area contributed by atoms with Crippen LogP contribution in [0.5, 0.6) is 0 Å². The van der Waals surface area contributed by atoms with E-state index in [0.717, 1.165) is 41.9 Å². The van der Waals surface area contributed by atoms with Crippen LogP contribution >= 0.6 is 11.3 Å². The van der Waals surface area contributed by atoms with Gasteiger partial charge >= 0.3 is 0 Å². The van der Waals surface area contributed by atoms with E-state index in [0.29, 0.717) is 11.4 Å². The molecule has 23 heavy (non-hydrogen) atoms. The molecule has 1 saturated carbocycles. The van der Waals surface area contributed by atoms with E-state index in [9.17, 15) is 9.59 Å². The van der Waals surface area contributed by atoms with Gasteiger partial charge in [-0.15, -0.1) is 11.3 Å². The van der Waals surface area contributed by atoms with E-state index in [1.54, 1.807) is 0 Å². The Hall–Kier alpha value is -2.14. The molecule has 0 unspecified atom stereocenters. The average Bonchev–Trinajstić information content (AvgIpc) is 3.22. The summed E-state index contributed by atoms with van der Waals surface area (Å²) in [6.07, 6.45) is 2.89. The van der Waals surface area contributed by atoms with Crippen molar-refractivity contribution < 1.29 is 9.59 Å². The lowest BCUT2D eigenvalue weighted by Crippen LogP contribution is -2.30. The molecule has 1 aromatic carbocycles. The lowest BCUT2D eigenvalue weighted by Gasteiger charge is -2.15. The van der Waals surface area contributed by atoms with Crippen LogP contribution in [-0.2, 0) is 17.8 Å². The number of benzene rings is 1. The third-order valence-corrected chi connectivity index (χ3v) is 5.54. The number of nitrogens with one attached hydrogen (secondary N) is 1. The Morgan fingerprint density at radius 3 is 2.74 bits per heavy atom. The SMILES string of the molecule is O=C(NCc1ccccc1)c1cc2c(s1)CCN2C(=O)C1CC1. The van der Waals surface area contributed by atoms with Crippen LogP contribution in [0.2, 0.25) is 0 Å². The molecule has 5 heteroatoms. The first-order valence-corrected chi connectivity index (χ1v) is 8.80. The highest BCUT2D eigenvalue weighted by atomic mass is 32.1. The summed E-state index contributed by atoms with van der Waals surface area (Å²) in [6, 6.07) is 11.7. The van der Waals surface area contributed by atoms with E-state index in [1.165, 1.54) is 11.3 Å². The Labute approximate surface area is 139 Å². The molecule has 1 N–H and O–H groups in total. The fourth-order valence-electron chi connectivity index (χ4n) is 2.92. The number of rotatable bonds is 4. The fourth-order valence-corrected chi connectivity index (χ4v) is 3.99. The first-order chi connectivity index (χ1) is 11.2. The van der Waals surface area contributed by atoms with Crippen LogP contribution in [0.25, 0.3) is 0 Å². The molecule has 1 aliphatic heterocycles. The lowest BCUT2D eigenvalue weighted by atomic mass is 10.2. The zero-order valence-corrected chi connectivity index (χ0v) is 13.6. The molecular formula is C18H18N2O2S. The third kappa shape index (κ3) is 2.88. The van der Waals surface area contributed by atoms with Gasteiger partial charge in [0, 0.05) is 30.3 Å². The maximum atomic E-state index is 12.3. The minimum absolute atomic E-state index is 0.0629. The second-order valence-corrected chi connectivity index (χ2v) is 7.24. The molecule has 2 aliphatic rings. The molecule has 1 fully saturated rings. The number of nitrogens with zero attached hydrogens (tertiary/aromatic N) is 1. The minimum atomic E-state index is -0.0629. The van der Waals surface area contributed by atoms with E-state index in [4.69, 9.17) is 0 Å². The number of thiophene rings is 1. The molecule has 0 radical (unpaired) electrons. The molecule has 0 saturated heterocycles. The maximum Gasteiger partial charge on any atom is 0.261 e. The van der Waals surface area contributed by atoms with Gasteiger partial charge in [0.2, 0.25) is 5.91 Å². The van der Waals surface area contributed by atoms with Gasteiger partial charge in [0.25, 0.3) is 5.91 Å². The summed E-state index contributed by atoms with van der Waals surface area (Å²) in [4.78, 5) is 28.4. The zero-order chi connectivity index (χ0) is 15.8. The van der Waals surface area contributed by atoms with Crippen LogP contribution in [0, 0.1) is 5.92 Å². The highest BCUT2D eigenvalue weighted by molar-refractivity contribution is 7.14. The van der Waals surface area contributed by atoms with Gasteiger partial charge in [0.05, 0.1) is 10.6 Å². The Morgan fingerprint density at radius 1 is 1.22 bits per heavy atom. The van der Waals surface area contributed by atoms with Gasteiger partial charge in [0.1, 0.15) is 0 Å². The zero-order valence-electron chi connectivity index (χ0n) is 12.7. The number of carbonyl (C=O) groups excluding carboxylic acids is 2. The van der Waals surface area contributed by atoms with Crippen molar-refractivity contribution in [3.05, 3.63) is 51.7 Å². The van der Waals surface area contributed by atoms with Gasteiger partial charge in [0.15, 0.2) is 0 Å². The smallest absolute Gasteiger partial charge is 0.261 e. The molecule has 0 atom stereocenters. The van der Waals surface area contributed by atoms with Gasteiger partial charge in [-0.05, 0) is 24.5 Å². The number of amides is 2. The minimum Gasteiger partial charge on any atom is -0.347 e. The van der Waals surface area contributed by atoms with E-state index in [2.05, 4.69) is 5.32 Å². The second-order valence-electron chi connectivity index (χ2n) is 6.10. The van der Waals surface area contributed by atoms with Crippen LogP contribution in [0.4, 0.5) is 5.69 Å². The summed E-state index contributed by atoms with van der Waals surface area (Å²) >= 11 is 1.51. The van der Waals surface area contributed by atoms with E-state index >= 15 is 0 Å². The number of fused-ring (bicyclic) bond motifs is 1. The molecule has 4 rings (SSSR count). The van der Waals surface area contributed by atoms with Crippen molar-refractivity contribution in [3.63, 3.8) is 0 Å². The summed E-state index contributed by atoms with van der Waals surface area (Å²) in [5.74, 6) is 0.390. The monoisotopic (exact) mass is 326 g/mol. The molecule has 0 bridgehead atoms. The molecule has 1 aliphatic carbocycles. The second kappa shape index (κ2) is 5.81. The van der Waals surface area contributed by atoms with Crippen molar-refractivity contribution in [2.45, 2.75) is 25.8 Å². The Morgan fingerprint density at radius 2 is 2.00 bits per heavy atom.